The van der Waals surface area contributed by atoms with Crippen molar-refractivity contribution in [3.8, 4) is 11.5 Å². The second kappa shape index (κ2) is 6.82. The minimum absolute atomic E-state index is 0.219. The molecule has 11 heteroatoms. The van der Waals surface area contributed by atoms with E-state index in [4.69, 9.17) is 14.9 Å². The lowest BCUT2D eigenvalue weighted by Crippen LogP contribution is -2.12. The van der Waals surface area contributed by atoms with E-state index >= 15 is 0 Å². The van der Waals surface area contributed by atoms with Crippen molar-refractivity contribution in [3.63, 3.8) is 0 Å². The number of hydrogen-bond acceptors (Lipinski definition) is 3. The van der Waals surface area contributed by atoms with Gasteiger partial charge in [0.2, 0.25) is 0 Å². The number of carbonyl (C=O) groups is 2. The summed E-state index contributed by atoms with van der Waals surface area (Å²) in [4.78, 5) is 21.6. The number of ether oxygens (including phenoxy) is 1. The van der Waals surface area contributed by atoms with Crippen LogP contribution < -0.4 is 4.74 Å². The van der Waals surface area contributed by atoms with Gasteiger partial charge in [0.15, 0.2) is 0 Å². The van der Waals surface area contributed by atoms with E-state index in [1.807, 2.05) is 0 Å². The van der Waals surface area contributed by atoms with Gasteiger partial charge in [-0.3, -0.25) is 0 Å². The van der Waals surface area contributed by atoms with Crippen molar-refractivity contribution in [1.29, 1.82) is 0 Å². The van der Waals surface area contributed by atoms with E-state index in [2.05, 4.69) is 0 Å². The predicted molar refractivity (Wildman–Crippen MR) is 76.9 cm³/mol. The van der Waals surface area contributed by atoms with Crippen molar-refractivity contribution in [2.24, 2.45) is 0 Å². The molecule has 0 bridgehead atoms. The molecule has 0 heterocycles. The Morgan fingerprint density at radius 1 is 0.704 bits per heavy atom. The van der Waals surface area contributed by atoms with Gasteiger partial charge in [-0.25, -0.2) is 9.59 Å². The lowest BCUT2D eigenvalue weighted by molar-refractivity contribution is -0.139. The summed E-state index contributed by atoms with van der Waals surface area (Å²) in [5.41, 5.74) is -4.69. The molecule has 5 nitrogen and oxygen atoms in total. The number of hydrogen-bond donors (Lipinski definition) is 2. The SMILES string of the molecule is O=C(O)c1ccc(Oc2ccc(C(=O)O)cc2C(F)(F)F)c(C(F)(F)F)c1. The van der Waals surface area contributed by atoms with Crippen LogP contribution in [0.4, 0.5) is 26.3 Å². The summed E-state index contributed by atoms with van der Waals surface area (Å²) < 4.78 is 83.5. The van der Waals surface area contributed by atoms with Gasteiger partial charge >= 0.3 is 24.3 Å². The van der Waals surface area contributed by atoms with Crippen molar-refractivity contribution >= 4 is 11.9 Å². The lowest BCUT2D eigenvalue weighted by atomic mass is 10.1. The molecular formula is C16H8F6O5. The molecule has 0 spiro atoms. The van der Waals surface area contributed by atoms with Crippen molar-refractivity contribution in [2.75, 3.05) is 0 Å². The average Bonchev–Trinajstić information content (AvgIpc) is 2.53. The van der Waals surface area contributed by atoms with E-state index in [1.54, 1.807) is 0 Å². The second-order valence-electron chi connectivity index (χ2n) is 5.13. The number of carboxylic acids is 2. The molecule has 0 unspecified atom stereocenters. The Balaban J connectivity index is 2.60. The summed E-state index contributed by atoms with van der Waals surface area (Å²) in [5.74, 6) is -5.48. The Bertz CT molecular complexity index is 828. The molecule has 0 aliphatic rings. The van der Waals surface area contributed by atoms with Gasteiger partial charge in [-0.1, -0.05) is 0 Å². The zero-order valence-corrected chi connectivity index (χ0v) is 12.9. The molecule has 0 saturated heterocycles. The zero-order chi connectivity index (χ0) is 20.6. The van der Waals surface area contributed by atoms with Gasteiger partial charge in [0.25, 0.3) is 0 Å². The topological polar surface area (TPSA) is 83.8 Å². The minimum atomic E-state index is -5.11. The normalized spacial score (nSPS) is 11.9. The second-order valence-corrected chi connectivity index (χ2v) is 5.13. The van der Waals surface area contributed by atoms with Gasteiger partial charge in [-0.05, 0) is 36.4 Å². The van der Waals surface area contributed by atoms with Gasteiger partial charge < -0.3 is 14.9 Å². The quantitative estimate of drug-likeness (QED) is 0.720. The first-order chi connectivity index (χ1) is 12.3. The highest BCUT2D eigenvalue weighted by molar-refractivity contribution is 5.88. The predicted octanol–water partition coefficient (Wildman–Crippen LogP) is 4.91. The number of aromatic carboxylic acids is 2. The largest absolute Gasteiger partial charge is 0.478 e. The summed E-state index contributed by atoms with van der Waals surface area (Å²) in [6.07, 6.45) is -10.2. The third-order valence-corrected chi connectivity index (χ3v) is 3.28. The molecule has 0 aliphatic carbocycles. The van der Waals surface area contributed by atoms with Crippen LogP contribution in [0.2, 0.25) is 0 Å². The number of halogens is 6. The summed E-state index contributed by atoms with van der Waals surface area (Å²) in [6, 6.07) is 3.03. The molecule has 27 heavy (non-hydrogen) atoms. The smallest absolute Gasteiger partial charge is 0.420 e. The fourth-order valence-corrected chi connectivity index (χ4v) is 2.07. The average molecular weight is 394 g/mol. The van der Waals surface area contributed by atoms with Crippen LogP contribution in [0.15, 0.2) is 36.4 Å². The molecule has 0 radical (unpaired) electrons. The number of alkyl halides is 6. The molecule has 2 rings (SSSR count). The summed E-state index contributed by atoms with van der Waals surface area (Å²) in [6.45, 7) is 0. The van der Waals surface area contributed by atoms with E-state index in [-0.39, 0.29) is 12.1 Å². The highest BCUT2D eigenvalue weighted by Gasteiger charge is 2.38. The van der Waals surface area contributed by atoms with Crippen LogP contribution in [0.1, 0.15) is 31.8 Å². The monoisotopic (exact) mass is 394 g/mol. The van der Waals surface area contributed by atoms with Crippen LogP contribution in [-0.2, 0) is 12.4 Å². The first-order valence-electron chi connectivity index (χ1n) is 6.87. The summed E-state index contributed by atoms with van der Waals surface area (Å²) >= 11 is 0. The van der Waals surface area contributed by atoms with Gasteiger partial charge in [0.05, 0.1) is 22.3 Å². The third kappa shape index (κ3) is 4.49. The number of rotatable bonds is 4. The Labute approximate surface area is 146 Å². The van der Waals surface area contributed by atoms with Crippen LogP contribution in [0.3, 0.4) is 0 Å². The Morgan fingerprint density at radius 2 is 1.04 bits per heavy atom. The molecule has 2 N–H and O–H groups in total. The standard InChI is InChI=1S/C16H8F6O5/c17-15(18,19)9-5-7(13(23)24)1-3-11(9)27-12-4-2-8(14(25)26)6-10(12)16(20,21)22/h1-6H,(H,23,24)(H,25,26). The third-order valence-electron chi connectivity index (χ3n) is 3.28. The first kappa shape index (κ1) is 20.1. The zero-order valence-electron chi connectivity index (χ0n) is 12.9. The maximum atomic E-state index is 13.1. The van der Waals surface area contributed by atoms with E-state index in [1.165, 1.54) is 0 Å². The van der Waals surface area contributed by atoms with Crippen LogP contribution in [0.25, 0.3) is 0 Å². The molecule has 0 fully saturated rings. The molecule has 0 aromatic heterocycles. The molecule has 2 aromatic carbocycles. The highest BCUT2D eigenvalue weighted by Crippen LogP contribution is 2.42. The van der Waals surface area contributed by atoms with Gasteiger partial charge in [0, 0.05) is 0 Å². The summed E-state index contributed by atoms with van der Waals surface area (Å²) in [7, 11) is 0. The Hall–Kier alpha value is -3.24. The van der Waals surface area contributed by atoms with Gasteiger partial charge in [-0.2, -0.15) is 26.3 Å². The maximum absolute atomic E-state index is 13.1. The highest BCUT2D eigenvalue weighted by atomic mass is 19.4. The Morgan fingerprint density at radius 3 is 1.30 bits per heavy atom. The Kier molecular flexibility index (Phi) is 5.07. The number of benzene rings is 2. The van der Waals surface area contributed by atoms with Crippen molar-refractivity contribution < 1.29 is 50.9 Å². The fourth-order valence-electron chi connectivity index (χ4n) is 2.07. The molecule has 0 atom stereocenters. The number of carboxylic acid groups (broad SMARTS) is 2. The van der Waals surface area contributed by atoms with Crippen LogP contribution >= 0.6 is 0 Å². The van der Waals surface area contributed by atoms with Crippen LogP contribution in [-0.4, -0.2) is 22.2 Å². The fraction of sp³-hybridized carbons (Fsp3) is 0.125. The van der Waals surface area contributed by atoms with E-state index in [9.17, 15) is 35.9 Å². The van der Waals surface area contributed by atoms with E-state index < -0.39 is 58.0 Å². The molecule has 0 saturated carbocycles. The first-order valence-corrected chi connectivity index (χ1v) is 6.87. The molecule has 2 aromatic rings. The lowest BCUT2D eigenvalue weighted by Gasteiger charge is -2.18. The van der Waals surface area contributed by atoms with Gasteiger partial charge in [-0.15, -0.1) is 0 Å². The van der Waals surface area contributed by atoms with Crippen molar-refractivity contribution in [3.05, 3.63) is 58.7 Å². The van der Waals surface area contributed by atoms with E-state index in [0.717, 1.165) is 12.1 Å². The van der Waals surface area contributed by atoms with Crippen molar-refractivity contribution in [1.82, 2.24) is 0 Å². The van der Waals surface area contributed by atoms with E-state index in [0.29, 0.717) is 12.1 Å². The van der Waals surface area contributed by atoms with Crippen LogP contribution in [0.5, 0.6) is 11.5 Å². The minimum Gasteiger partial charge on any atom is -0.478 e. The molecule has 0 amide bonds. The summed E-state index contributed by atoms with van der Waals surface area (Å²) in [5, 5.41) is 17.6. The molecular weight excluding hydrogens is 386 g/mol. The molecule has 144 valence electrons. The van der Waals surface area contributed by atoms with Crippen molar-refractivity contribution in [2.45, 2.75) is 12.4 Å². The maximum Gasteiger partial charge on any atom is 0.420 e. The molecule has 0 aliphatic heterocycles. The van der Waals surface area contributed by atoms with Gasteiger partial charge in [0.1, 0.15) is 11.5 Å². The van der Waals surface area contributed by atoms with Crippen LogP contribution in [0, 0.1) is 0 Å².